The molecule has 1 atom stereocenters. The Morgan fingerprint density at radius 3 is 2.29 bits per heavy atom. The summed E-state index contributed by atoms with van der Waals surface area (Å²) >= 11 is 6.31. The van der Waals surface area contributed by atoms with E-state index in [-0.39, 0.29) is 0 Å². The van der Waals surface area contributed by atoms with Crippen molar-refractivity contribution in [2.45, 2.75) is 18.9 Å². The molecule has 1 aromatic rings. The van der Waals surface area contributed by atoms with Crippen LogP contribution in [0.4, 0.5) is 0 Å². The first kappa shape index (κ1) is 12.5. The number of halogens is 1. The quantitative estimate of drug-likeness (QED) is 0.877. The van der Waals surface area contributed by atoms with E-state index in [2.05, 4.69) is 5.32 Å². The monoisotopic (exact) mass is 255 g/mol. The number of rotatable bonds is 5. The van der Waals surface area contributed by atoms with Crippen LogP contribution in [0.2, 0.25) is 5.02 Å². The van der Waals surface area contributed by atoms with Crippen LogP contribution < -0.4 is 14.8 Å². The summed E-state index contributed by atoms with van der Waals surface area (Å²) in [6.07, 6.45) is 2.52. The molecule has 4 heteroatoms. The van der Waals surface area contributed by atoms with Gasteiger partial charge >= 0.3 is 0 Å². The zero-order valence-electron chi connectivity index (χ0n) is 10.4. The second-order valence-electron chi connectivity index (χ2n) is 4.33. The third-order valence-corrected chi connectivity index (χ3v) is 3.57. The number of hydrogen-bond donors (Lipinski definition) is 1. The van der Waals surface area contributed by atoms with E-state index in [4.69, 9.17) is 21.1 Å². The van der Waals surface area contributed by atoms with Crippen molar-refractivity contribution >= 4 is 11.6 Å². The fraction of sp³-hybridized carbons (Fsp3) is 0.538. The summed E-state index contributed by atoms with van der Waals surface area (Å²) in [6.45, 7) is 0. The van der Waals surface area contributed by atoms with Crippen molar-refractivity contribution < 1.29 is 9.47 Å². The van der Waals surface area contributed by atoms with E-state index in [1.165, 1.54) is 12.8 Å². The van der Waals surface area contributed by atoms with E-state index >= 15 is 0 Å². The van der Waals surface area contributed by atoms with Crippen LogP contribution in [-0.2, 0) is 0 Å². The van der Waals surface area contributed by atoms with E-state index in [0.29, 0.717) is 17.7 Å². The Kier molecular flexibility index (Phi) is 3.79. The van der Waals surface area contributed by atoms with Gasteiger partial charge in [0.1, 0.15) is 0 Å². The van der Waals surface area contributed by atoms with Gasteiger partial charge in [-0.2, -0.15) is 0 Å². The van der Waals surface area contributed by atoms with Gasteiger partial charge in [0, 0.05) is 17.1 Å². The van der Waals surface area contributed by atoms with Crippen LogP contribution in [0.1, 0.15) is 24.4 Å². The first-order chi connectivity index (χ1) is 8.21. The average Bonchev–Trinajstić information content (AvgIpc) is 3.16. The molecule has 1 saturated carbocycles. The highest BCUT2D eigenvalue weighted by Gasteiger charge is 2.33. The molecule has 0 aromatic heterocycles. The Morgan fingerprint density at radius 1 is 1.24 bits per heavy atom. The highest BCUT2D eigenvalue weighted by Crippen LogP contribution is 2.45. The summed E-state index contributed by atoms with van der Waals surface area (Å²) in [5, 5.41) is 4.06. The maximum absolute atomic E-state index is 6.31. The molecule has 0 heterocycles. The Bertz CT molecular complexity index is 405. The third kappa shape index (κ3) is 2.50. The fourth-order valence-electron chi connectivity index (χ4n) is 2.18. The molecule has 0 bridgehead atoms. The van der Waals surface area contributed by atoms with E-state index in [0.717, 1.165) is 16.3 Å². The van der Waals surface area contributed by atoms with Gasteiger partial charge in [0.2, 0.25) is 0 Å². The molecule has 0 amide bonds. The Hall–Kier alpha value is -0.930. The summed E-state index contributed by atoms with van der Waals surface area (Å²) < 4.78 is 10.5. The Labute approximate surface area is 107 Å². The minimum atomic E-state index is 0.308. The Morgan fingerprint density at radius 2 is 1.82 bits per heavy atom. The molecule has 1 aliphatic carbocycles. The van der Waals surface area contributed by atoms with E-state index in [9.17, 15) is 0 Å². The van der Waals surface area contributed by atoms with Crippen LogP contribution in [0.5, 0.6) is 11.5 Å². The summed E-state index contributed by atoms with van der Waals surface area (Å²) in [6, 6.07) is 4.10. The second kappa shape index (κ2) is 5.15. The molecule has 17 heavy (non-hydrogen) atoms. The average molecular weight is 256 g/mol. The van der Waals surface area contributed by atoms with Crippen molar-refractivity contribution in [1.29, 1.82) is 0 Å². The van der Waals surface area contributed by atoms with Crippen molar-refractivity contribution in [2.24, 2.45) is 5.92 Å². The van der Waals surface area contributed by atoms with Gasteiger partial charge in [-0.3, -0.25) is 0 Å². The molecule has 0 saturated heterocycles. The Balaban J connectivity index is 2.38. The predicted molar refractivity (Wildman–Crippen MR) is 69.1 cm³/mol. The number of ether oxygens (including phenoxy) is 2. The highest BCUT2D eigenvalue weighted by atomic mass is 35.5. The topological polar surface area (TPSA) is 30.5 Å². The molecule has 2 rings (SSSR count). The second-order valence-corrected chi connectivity index (χ2v) is 4.74. The van der Waals surface area contributed by atoms with Gasteiger partial charge < -0.3 is 14.8 Å². The summed E-state index contributed by atoms with van der Waals surface area (Å²) in [4.78, 5) is 0. The van der Waals surface area contributed by atoms with E-state index < -0.39 is 0 Å². The van der Waals surface area contributed by atoms with Crippen LogP contribution >= 0.6 is 11.6 Å². The van der Waals surface area contributed by atoms with Crippen molar-refractivity contribution in [3.05, 3.63) is 22.7 Å². The first-order valence-electron chi connectivity index (χ1n) is 5.80. The van der Waals surface area contributed by atoms with Gasteiger partial charge in [0.15, 0.2) is 11.5 Å². The van der Waals surface area contributed by atoms with Crippen LogP contribution in [0.25, 0.3) is 0 Å². The molecule has 0 aliphatic heterocycles. The lowest BCUT2D eigenvalue weighted by Crippen LogP contribution is -2.18. The van der Waals surface area contributed by atoms with Crippen LogP contribution in [0, 0.1) is 5.92 Å². The molecule has 0 radical (unpaired) electrons. The number of nitrogens with one attached hydrogen (secondary N) is 1. The van der Waals surface area contributed by atoms with Crippen LogP contribution in [0.3, 0.4) is 0 Å². The van der Waals surface area contributed by atoms with E-state index in [1.54, 1.807) is 14.2 Å². The van der Waals surface area contributed by atoms with Gasteiger partial charge in [-0.05, 0) is 37.4 Å². The van der Waals surface area contributed by atoms with Gasteiger partial charge in [-0.25, -0.2) is 0 Å². The first-order valence-corrected chi connectivity index (χ1v) is 6.17. The highest BCUT2D eigenvalue weighted by molar-refractivity contribution is 6.31. The zero-order valence-corrected chi connectivity index (χ0v) is 11.2. The molecular formula is C13H18ClNO2. The molecule has 1 fully saturated rings. The molecule has 94 valence electrons. The molecule has 0 spiro atoms. The number of benzene rings is 1. The van der Waals surface area contributed by atoms with Crippen molar-refractivity contribution in [3.8, 4) is 11.5 Å². The van der Waals surface area contributed by atoms with Gasteiger partial charge in [-0.15, -0.1) is 0 Å². The third-order valence-electron chi connectivity index (χ3n) is 3.24. The van der Waals surface area contributed by atoms with Crippen LogP contribution in [0.15, 0.2) is 12.1 Å². The summed E-state index contributed by atoms with van der Waals surface area (Å²) in [7, 11) is 5.22. The lowest BCUT2D eigenvalue weighted by Gasteiger charge is -2.19. The van der Waals surface area contributed by atoms with Crippen molar-refractivity contribution in [1.82, 2.24) is 5.32 Å². The standard InChI is InChI=1S/C13H18ClNO2/c1-15-13(8-4-5-8)9-6-11(16-2)12(17-3)7-10(9)14/h6-8,13,15H,4-5H2,1-3H3. The number of methoxy groups -OCH3 is 2. The molecular weight excluding hydrogens is 238 g/mol. The maximum atomic E-state index is 6.31. The van der Waals surface area contributed by atoms with Gasteiger partial charge in [0.05, 0.1) is 14.2 Å². The van der Waals surface area contributed by atoms with Gasteiger partial charge in [-0.1, -0.05) is 11.6 Å². The van der Waals surface area contributed by atoms with Crippen molar-refractivity contribution in [3.63, 3.8) is 0 Å². The smallest absolute Gasteiger partial charge is 0.162 e. The minimum absolute atomic E-state index is 0.308. The summed E-state index contributed by atoms with van der Waals surface area (Å²) in [5.41, 5.74) is 1.09. The minimum Gasteiger partial charge on any atom is -0.493 e. The maximum Gasteiger partial charge on any atom is 0.162 e. The molecule has 1 unspecified atom stereocenters. The van der Waals surface area contributed by atoms with Crippen LogP contribution in [-0.4, -0.2) is 21.3 Å². The fourth-order valence-corrected chi connectivity index (χ4v) is 2.45. The normalized spacial score (nSPS) is 16.7. The lowest BCUT2D eigenvalue weighted by atomic mass is 10.0. The number of hydrogen-bond acceptors (Lipinski definition) is 3. The predicted octanol–water partition coefficient (Wildman–Crippen LogP) is 3.03. The molecule has 1 N–H and O–H groups in total. The molecule has 3 nitrogen and oxygen atoms in total. The zero-order chi connectivity index (χ0) is 12.4. The molecule has 1 aliphatic rings. The lowest BCUT2D eigenvalue weighted by molar-refractivity contribution is 0.353. The SMILES string of the molecule is CNC(c1cc(OC)c(OC)cc1Cl)C1CC1. The molecule has 1 aromatic carbocycles. The summed E-state index contributed by atoms with van der Waals surface area (Å²) in [5.74, 6) is 2.09. The van der Waals surface area contributed by atoms with Crippen molar-refractivity contribution in [2.75, 3.05) is 21.3 Å². The van der Waals surface area contributed by atoms with Gasteiger partial charge in [0.25, 0.3) is 0 Å². The van der Waals surface area contributed by atoms with E-state index in [1.807, 2.05) is 19.2 Å². The largest absolute Gasteiger partial charge is 0.493 e.